The molecule has 0 spiro atoms. The summed E-state index contributed by atoms with van der Waals surface area (Å²) in [7, 11) is 2.23. The molecule has 3 nitrogen and oxygen atoms in total. The first-order valence-corrected chi connectivity index (χ1v) is 8.11. The zero-order valence-electron chi connectivity index (χ0n) is 13.1. The van der Waals surface area contributed by atoms with Gasteiger partial charge in [0.2, 0.25) is 0 Å². The fourth-order valence-corrected chi connectivity index (χ4v) is 3.12. The Hall–Kier alpha value is -1.13. The maximum atomic E-state index is 13.1. The van der Waals surface area contributed by atoms with Crippen LogP contribution in [0.2, 0.25) is 0 Å². The maximum Gasteiger partial charge on any atom is 0.123 e. The van der Waals surface area contributed by atoms with Crippen molar-refractivity contribution in [2.75, 3.05) is 38.1 Å². The number of nitrogens with two attached hydrogens (primary N) is 1. The number of anilines is 1. The summed E-state index contributed by atoms with van der Waals surface area (Å²) in [4.78, 5) is 4.82. The number of rotatable bonds is 7. The molecule has 2 rings (SSSR count). The van der Waals surface area contributed by atoms with E-state index in [2.05, 4.69) is 16.8 Å². The zero-order chi connectivity index (χ0) is 15.1. The molecule has 1 aliphatic rings. The van der Waals surface area contributed by atoms with Crippen molar-refractivity contribution >= 4 is 5.69 Å². The Labute approximate surface area is 127 Å². The number of likely N-dealkylation sites (tertiary alicyclic amines) is 1. The number of hydrogen-bond donors (Lipinski definition) is 1. The Balaban J connectivity index is 1.94. The summed E-state index contributed by atoms with van der Waals surface area (Å²) in [5, 5.41) is 0. The third-order valence-electron chi connectivity index (χ3n) is 4.48. The third kappa shape index (κ3) is 4.97. The maximum absolute atomic E-state index is 13.1. The van der Waals surface area contributed by atoms with E-state index in [4.69, 9.17) is 5.73 Å². The number of nitrogens with zero attached hydrogens (tertiary/aromatic N) is 2. The van der Waals surface area contributed by atoms with E-state index < -0.39 is 0 Å². The predicted octanol–water partition coefficient (Wildman–Crippen LogP) is 2.86. The quantitative estimate of drug-likeness (QED) is 0.839. The SMILES string of the molecule is CN1CCCCC1CCN(CCCN)c1ccc(F)cc1. The molecule has 0 bridgehead atoms. The van der Waals surface area contributed by atoms with Crippen molar-refractivity contribution in [2.24, 2.45) is 5.73 Å². The average molecular weight is 293 g/mol. The van der Waals surface area contributed by atoms with Gasteiger partial charge < -0.3 is 15.5 Å². The second kappa shape index (κ2) is 8.35. The van der Waals surface area contributed by atoms with Crippen molar-refractivity contribution in [3.8, 4) is 0 Å². The minimum absolute atomic E-state index is 0.176. The lowest BCUT2D eigenvalue weighted by molar-refractivity contribution is 0.177. The largest absolute Gasteiger partial charge is 0.371 e. The third-order valence-corrected chi connectivity index (χ3v) is 4.48. The van der Waals surface area contributed by atoms with E-state index in [1.165, 1.54) is 44.4 Å². The molecule has 4 heteroatoms. The molecule has 21 heavy (non-hydrogen) atoms. The molecule has 0 saturated carbocycles. The Morgan fingerprint density at radius 3 is 2.67 bits per heavy atom. The van der Waals surface area contributed by atoms with E-state index in [1.54, 1.807) is 0 Å². The van der Waals surface area contributed by atoms with Crippen LogP contribution in [0.5, 0.6) is 0 Å². The van der Waals surface area contributed by atoms with Crippen LogP contribution in [-0.2, 0) is 0 Å². The van der Waals surface area contributed by atoms with Gasteiger partial charge in [0.15, 0.2) is 0 Å². The van der Waals surface area contributed by atoms with Crippen molar-refractivity contribution < 1.29 is 4.39 Å². The topological polar surface area (TPSA) is 32.5 Å². The monoisotopic (exact) mass is 293 g/mol. The lowest BCUT2D eigenvalue weighted by Gasteiger charge is -2.34. The molecule has 1 atom stereocenters. The number of hydrogen-bond acceptors (Lipinski definition) is 3. The molecule has 1 aromatic rings. The Bertz CT molecular complexity index is 407. The zero-order valence-corrected chi connectivity index (χ0v) is 13.1. The molecule has 0 amide bonds. The highest BCUT2D eigenvalue weighted by atomic mass is 19.1. The van der Waals surface area contributed by atoms with E-state index in [0.29, 0.717) is 12.6 Å². The van der Waals surface area contributed by atoms with E-state index in [-0.39, 0.29) is 5.82 Å². The van der Waals surface area contributed by atoms with Crippen LogP contribution in [0, 0.1) is 5.82 Å². The van der Waals surface area contributed by atoms with Gasteiger partial charge >= 0.3 is 0 Å². The van der Waals surface area contributed by atoms with Crippen molar-refractivity contribution in [2.45, 2.75) is 38.1 Å². The number of benzene rings is 1. The van der Waals surface area contributed by atoms with Crippen LogP contribution in [0.4, 0.5) is 10.1 Å². The van der Waals surface area contributed by atoms with Gasteiger partial charge in [-0.2, -0.15) is 0 Å². The molecule has 1 unspecified atom stereocenters. The van der Waals surface area contributed by atoms with Gasteiger partial charge in [-0.3, -0.25) is 0 Å². The molecule has 1 aliphatic heterocycles. The minimum Gasteiger partial charge on any atom is -0.371 e. The van der Waals surface area contributed by atoms with Gasteiger partial charge in [-0.25, -0.2) is 4.39 Å². The van der Waals surface area contributed by atoms with Crippen molar-refractivity contribution in [1.29, 1.82) is 0 Å². The van der Waals surface area contributed by atoms with Crippen LogP contribution < -0.4 is 10.6 Å². The first-order chi connectivity index (χ1) is 10.2. The highest BCUT2D eigenvalue weighted by molar-refractivity contribution is 5.46. The molecule has 2 N–H and O–H groups in total. The average Bonchev–Trinajstić information content (AvgIpc) is 2.50. The molecule has 1 heterocycles. The normalized spacial score (nSPS) is 19.7. The highest BCUT2D eigenvalue weighted by Gasteiger charge is 2.19. The van der Waals surface area contributed by atoms with Gasteiger partial charge in [-0.1, -0.05) is 6.42 Å². The van der Waals surface area contributed by atoms with Crippen LogP contribution in [0.25, 0.3) is 0 Å². The van der Waals surface area contributed by atoms with Gasteiger partial charge in [0.05, 0.1) is 0 Å². The van der Waals surface area contributed by atoms with Gasteiger partial charge in [0.1, 0.15) is 5.82 Å². The second-order valence-corrected chi connectivity index (χ2v) is 6.02. The first-order valence-electron chi connectivity index (χ1n) is 8.11. The fraction of sp³-hybridized carbons (Fsp3) is 0.647. The van der Waals surface area contributed by atoms with Crippen molar-refractivity contribution in [3.63, 3.8) is 0 Å². The summed E-state index contributed by atoms with van der Waals surface area (Å²) in [6.45, 7) is 3.87. The predicted molar refractivity (Wildman–Crippen MR) is 87.2 cm³/mol. The first kappa shape index (κ1) is 16.2. The number of piperidine rings is 1. The summed E-state index contributed by atoms with van der Waals surface area (Å²) < 4.78 is 13.1. The Kier molecular flexibility index (Phi) is 6.46. The fourth-order valence-electron chi connectivity index (χ4n) is 3.12. The smallest absolute Gasteiger partial charge is 0.123 e. The van der Waals surface area contributed by atoms with Gasteiger partial charge in [0, 0.05) is 24.8 Å². The van der Waals surface area contributed by atoms with Crippen LogP contribution in [-0.4, -0.2) is 44.2 Å². The van der Waals surface area contributed by atoms with Gasteiger partial charge in [-0.05, 0) is 70.1 Å². The van der Waals surface area contributed by atoms with Crippen LogP contribution in [0.15, 0.2) is 24.3 Å². The van der Waals surface area contributed by atoms with Crippen LogP contribution in [0.3, 0.4) is 0 Å². The molecular weight excluding hydrogens is 265 g/mol. The van der Waals surface area contributed by atoms with Crippen LogP contribution >= 0.6 is 0 Å². The molecule has 0 radical (unpaired) electrons. The molecule has 0 aromatic heterocycles. The Morgan fingerprint density at radius 1 is 1.24 bits per heavy atom. The molecule has 118 valence electrons. The van der Waals surface area contributed by atoms with E-state index in [9.17, 15) is 4.39 Å². The summed E-state index contributed by atoms with van der Waals surface area (Å²) in [6.07, 6.45) is 6.09. The summed E-state index contributed by atoms with van der Waals surface area (Å²) in [5.74, 6) is -0.176. The van der Waals surface area contributed by atoms with Gasteiger partial charge in [-0.15, -0.1) is 0 Å². The summed E-state index contributed by atoms with van der Waals surface area (Å²) >= 11 is 0. The molecule has 1 saturated heterocycles. The lowest BCUT2D eigenvalue weighted by Crippen LogP contribution is -2.39. The van der Waals surface area contributed by atoms with Crippen molar-refractivity contribution in [1.82, 2.24) is 4.90 Å². The van der Waals surface area contributed by atoms with E-state index >= 15 is 0 Å². The van der Waals surface area contributed by atoms with E-state index in [1.807, 2.05) is 12.1 Å². The molecule has 1 fully saturated rings. The number of halogens is 1. The summed E-state index contributed by atoms with van der Waals surface area (Å²) in [5.41, 5.74) is 6.75. The standard InChI is InChI=1S/C17H28FN3/c1-20-12-3-2-5-16(20)10-14-21(13-4-11-19)17-8-6-15(18)7-9-17/h6-9,16H,2-5,10-14,19H2,1H3. The molecular formula is C17H28FN3. The van der Waals surface area contributed by atoms with Gasteiger partial charge in [0.25, 0.3) is 0 Å². The Morgan fingerprint density at radius 2 is 2.00 bits per heavy atom. The molecule has 0 aliphatic carbocycles. The van der Waals surface area contributed by atoms with Crippen LogP contribution in [0.1, 0.15) is 32.1 Å². The summed E-state index contributed by atoms with van der Waals surface area (Å²) in [6, 6.07) is 7.50. The van der Waals surface area contributed by atoms with E-state index in [0.717, 1.165) is 25.2 Å². The van der Waals surface area contributed by atoms with Crippen molar-refractivity contribution in [3.05, 3.63) is 30.1 Å². The highest BCUT2D eigenvalue weighted by Crippen LogP contribution is 2.21. The minimum atomic E-state index is -0.176. The second-order valence-electron chi connectivity index (χ2n) is 6.02. The lowest BCUT2D eigenvalue weighted by atomic mass is 10.00. The molecule has 1 aromatic carbocycles.